The molecule has 0 heterocycles. The fourth-order valence-corrected chi connectivity index (χ4v) is 1.27. The highest BCUT2D eigenvalue weighted by atomic mass is 35.5. The molecule has 0 aromatic heterocycles. The van der Waals surface area contributed by atoms with Gasteiger partial charge < -0.3 is 0 Å². The fraction of sp³-hybridized carbons (Fsp3) is 0.250. The summed E-state index contributed by atoms with van der Waals surface area (Å²) in [6.45, 7) is 1.85. The highest BCUT2D eigenvalue weighted by molar-refractivity contribution is 6.31. The van der Waals surface area contributed by atoms with Gasteiger partial charge in [0.1, 0.15) is 5.82 Å². The summed E-state index contributed by atoms with van der Waals surface area (Å²) >= 11 is 5.77. The molecular formula is C8H10ClFN2. The number of benzene rings is 1. The third-order valence-electron chi connectivity index (χ3n) is 1.68. The topological polar surface area (TPSA) is 38.0 Å². The summed E-state index contributed by atoms with van der Waals surface area (Å²) in [6, 6.07) is 4.17. The molecule has 0 saturated carbocycles. The third-order valence-corrected chi connectivity index (χ3v) is 2.01. The van der Waals surface area contributed by atoms with E-state index in [1.807, 2.05) is 6.92 Å². The van der Waals surface area contributed by atoms with E-state index < -0.39 is 0 Å². The van der Waals surface area contributed by atoms with Gasteiger partial charge in [0.15, 0.2) is 0 Å². The lowest BCUT2D eigenvalue weighted by Crippen LogP contribution is -2.25. The second-order valence-electron chi connectivity index (χ2n) is 2.55. The van der Waals surface area contributed by atoms with Gasteiger partial charge in [0, 0.05) is 11.1 Å². The molecule has 0 amide bonds. The highest BCUT2D eigenvalue weighted by Crippen LogP contribution is 2.22. The molecule has 1 aromatic rings. The van der Waals surface area contributed by atoms with Crippen LogP contribution in [0, 0.1) is 5.82 Å². The van der Waals surface area contributed by atoms with Crippen molar-refractivity contribution < 1.29 is 4.39 Å². The van der Waals surface area contributed by atoms with E-state index in [-0.39, 0.29) is 11.9 Å². The monoisotopic (exact) mass is 188 g/mol. The first-order valence-electron chi connectivity index (χ1n) is 3.56. The lowest BCUT2D eigenvalue weighted by Gasteiger charge is -2.11. The zero-order valence-electron chi connectivity index (χ0n) is 6.64. The van der Waals surface area contributed by atoms with Gasteiger partial charge >= 0.3 is 0 Å². The maximum absolute atomic E-state index is 12.6. The van der Waals surface area contributed by atoms with E-state index in [1.54, 1.807) is 6.07 Å². The molecule has 1 atom stereocenters. The molecule has 0 saturated heterocycles. The Balaban J connectivity index is 3.01. The molecule has 12 heavy (non-hydrogen) atoms. The number of hydrazine groups is 1. The first kappa shape index (κ1) is 9.45. The van der Waals surface area contributed by atoms with E-state index >= 15 is 0 Å². The number of halogens is 2. The van der Waals surface area contributed by atoms with Gasteiger partial charge in [-0.2, -0.15) is 0 Å². The minimum atomic E-state index is -0.340. The second kappa shape index (κ2) is 3.85. The fourth-order valence-electron chi connectivity index (χ4n) is 0.942. The summed E-state index contributed by atoms with van der Waals surface area (Å²) in [5, 5.41) is 0.389. The van der Waals surface area contributed by atoms with E-state index in [9.17, 15) is 4.39 Å². The molecule has 3 N–H and O–H groups in total. The quantitative estimate of drug-likeness (QED) is 0.551. The van der Waals surface area contributed by atoms with Crippen molar-refractivity contribution in [3.63, 3.8) is 0 Å². The zero-order chi connectivity index (χ0) is 9.14. The summed E-state index contributed by atoms with van der Waals surface area (Å²) in [5.74, 6) is 4.87. The van der Waals surface area contributed by atoms with Crippen molar-refractivity contribution in [1.29, 1.82) is 0 Å². The number of nitrogens with two attached hydrogens (primary N) is 1. The molecule has 0 fully saturated rings. The van der Waals surface area contributed by atoms with Crippen LogP contribution in [0.15, 0.2) is 18.2 Å². The Labute approximate surface area is 75.5 Å². The van der Waals surface area contributed by atoms with Crippen LogP contribution < -0.4 is 11.3 Å². The molecule has 1 rings (SSSR count). The van der Waals surface area contributed by atoms with E-state index in [1.165, 1.54) is 12.1 Å². The van der Waals surface area contributed by atoms with Crippen LogP contribution in [-0.2, 0) is 0 Å². The van der Waals surface area contributed by atoms with E-state index in [0.717, 1.165) is 5.56 Å². The van der Waals surface area contributed by atoms with Crippen LogP contribution in [0.2, 0.25) is 5.02 Å². The molecule has 0 spiro atoms. The average molecular weight is 189 g/mol. The number of nitrogens with one attached hydrogen (secondary N) is 1. The van der Waals surface area contributed by atoms with Gasteiger partial charge in [0.2, 0.25) is 0 Å². The van der Waals surface area contributed by atoms with Crippen LogP contribution in [0.4, 0.5) is 4.39 Å². The minimum Gasteiger partial charge on any atom is -0.271 e. The van der Waals surface area contributed by atoms with Crippen molar-refractivity contribution in [1.82, 2.24) is 5.43 Å². The van der Waals surface area contributed by atoms with Crippen LogP contribution in [-0.4, -0.2) is 0 Å². The molecule has 0 aliphatic rings. The number of rotatable bonds is 2. The molecule has 0 aliphatic carbocycles. The van der Waals surface area contributed by atoms with Gasteiger partial charge in [0.05, 0.1) is 0 Å². The first-order valence-corrected chi connectivity index (χ1v) is 3.94. The van der Waals surface area contributed by atoms with Gasteiger partial charge in [-0.3, -0.25) is 11.3 Å². The lowest BCUT2D eigenvalue weighted by atomic mass is 10.1. The maximum atomic E-state index is 12.6. The highest BCUT2D eigenvalue weighted by Gasteiger charge is 2.07. The molecule has 1 aromatic carbocycles. The third kappa shape index (κ3) is 1.94. The van der Waals surface area contributed by atoms with E-state index in [2.05, 4.69) is 5.43 Å². The maximum Gasteiger partial charge on any atom is 0.124 e. The van der Waals surface area contributed by atoms with Crippen LogP contribution in [0.3, 0.4) is 0 Å². The SMILES string of the molecule is C[C@@H](NN)c1ccc(F)cc1Cl. The van der Waals surface area contributed by atoms with Crippen molar-refractivity contribution in [3.8, 4) is 0 Å². The van der Waals surface area contributed by atoms with Crippen molar-refractivity contribution in [2.24, 2.45) is 5.84 Å². The van der Waals surface area contributed by atoms with Gasteiger partial charge in [-0.15, -0.1) is 0 Å². The molecule has 0 radical (unpaired) electrons. The smallest absolute Gasteiger partial charge is 0.124 e. The molecule has 0 unspecified atom stereocenters. The van der Waals surface area contributed by atoms with E-state index in [4.69, 9.17) is 17.4 Å². The Bertz CT molecular complexity index is 278. The summed E-state index contributed by atoms with van der Waals surface area (Å²) < 4.78 is 12.6. The normalized spacial score (nSPS) is 13.0. The summed E-state index contributed by atoms with van der Waals surface area (Å²) in [4.78, 5) is 0. The summed E-state index contributed by atoms with van der Waals surface area (Å²) in [5.41, 5.74) is 3.33. The molecule has 0 bridgehead atoms. The Kier molecular flexibility index (Phi) is 3.03. The average Bonchev–Trinajstić information content (AvgIpc) is 2.03. The van der Waals surface area contributed by atoms with Gasteiger partial charge in [-0.05, 0) is 24.6 Å². The number of hydrogen-bond donors (Lipinski definition) is 2. The second-order valence-corrected chi connectivity index (χ2v) is 2.96. The first-order chi connectivity index (χ1) is 5.65. The summed E-state index contributed by atoms with van der Waals surface area (Å²) in [7, 11) is 0. The van der Waals surface area contributed by atoms with E-state index in [0.29, 0.717) is 5.02 Å². The largest absolute Gasteiger partial charge is 0.271 e. The van der Waals surface area contributed by atoms with Crippen molar-refractivity contribution in [2.75, 3.05) is 0 Å². The molecule has 2 nitrogen and oxygen atoms in total. The van der Waals surface area contributed by atoms with Crippen molar-refractivity contribution in [3.05, 3.63) is 34.6 Å². The minimum absolute atomic E-state index is 0.0712. The van der Waals surface area contributed by atoms with Crippen LogP contribution >= 0.6 is 11.6 Å². The van der Waals surface area contributed by atoms with Gasteiger partial charge in [-0.1, -0.05) is 17.7 Å². The molecule has 4 heteroatoms. The predicted molar refractivity (Wildman–Crippen MR) is 47.1 cm³/mol. The van der Waals surface area contributed by atoms with Gasteiger partial charge in [-0.25, -0.2) is 4.39 Å². The van der Waals surface area contributed by atoms with Crippen LogP contribution in [0.5, 0.6) is 0 Å². The van der Waals surface area contributed by atoms with Gasteiger partial charge in [0.25, 0.3) is 0 Å². The number of hydrogen-bond acceptors (Lipinski definition) is 2. The molecule has 0 aliphatic heterocycles. The molecule has 66 valence electrons. The predicted octanol–water partition coefficient (Wildman–Crippen LogP) is 2.00. The summed E-state index contributed by atoms with van der Waals surface area (Å²) in [6.07, 6.45) is 0. The Morgan fingerprint density at radius 3 is 2.75 bits per heavy atom. The Morgan fingerprint density at radius 1 is 1.58 bits per heavy atom. The van der Waals surface area contributed by atoms with Crippen LogP contribution in [0.1, 0.15) is 18.5 Å². The van der Waals surface area contributed by atoms with Crippen molar-refractivity contribution >= 4 is 11.6 Å². The Morgan fingerprint density at radius 2 is 2.25 bits per heavy atom. The molecular weight excluding hydrogens is 179 g/mol. The van der Waals surface area contributed by atoms with Crippen molar-refractivity contribution in [2.45, 2.75) is 13.0 Å². The van der Waals surface area contributed by atoms with Crippen LogP contribution in [0.25, 0.3) is 0 Å². The standard InChI is InChI=1S/C8H10ClFN2/c1-5(12-11)7-3-2-6(10)4-8(7)9/h2-5,12H,11H2,1H3/t5-/m1/s1. The zero-order valence-corrected chi connectivity index (χ0v) is 7.40. The lowest BCUT2D eigenvalue weighted by molar-refractivity contribution is 0.595. The Hall–Kier alpha value is -0.640.